The van der Waals surface area contributed by atoms with Crippen molar-refractivity contribution in [2.75, 3.05) is 0 Å². The molecular formula is C36H28OS4+2. The Morgan fingerprint density at radius 1 is 0.293 bits per heavy atom. The zero-order chi connectivity index (χ0) is 27.7. The average molecular weight is 605 g/mol. The van der Waals surface area contributed by atoms with Crippen LogP contribution in [0.5, 0.6) is 0 Å². The lowest BCUT2D eigenvalue weighted by Gasteiger charge is -2.09. The summed E-state index contributed by atoms with van der Waals surface area (Å²) < 4.78 is 5.98. The van der Waals surface area contributed by atoms with Crippen LogP contribution in [0.1, 0.15) is 0 Å². The molecule has 1 nitrogen and oxygen atoms in total. The van der Waals surface area contributed by atoms with Crippen molar-refractivity contribution in [3.63, 3.8) is 0 Å². The van der Waals surface area contributed by atoms with E-state index in [1.807, 2.05) is 0 Å². The Labute approximate surface area is 257 Å². The highest BCUT2D eigenvalue weighted by molar-refractivity contribution is 8.08. The average Bonchev–Trinajstić information content (AvgIpc) is 3.05. The highest BCUT2D eigenvalue weighted by atomic mass is 32.2. The van der Waals surface area contributed by atoms with Crippen molar-refractivity contribution >= 4 is 45.9 Å². The third-order valence-electron chi connectivity index (χ3n) is 6.29. The first-order valence-electron chi connectivity index (χ1n) is 13.3. The molecule has 0 heterocycles. The third kappa shape index (κ3) is 7.13. The molecule has 0 aromatic heterocycles. The molecule has 0 unspecified atom stereocenters. The molecule has 0 aliphatic carbocycles. The standard InChI is InChI=1S/C36H28OS4/c1-5-13-31(14-6-1)40(32-15-7-2-8-16-32)35-25-21-29(22-26-35)38-37-39-30-23-27-36(28-24-30)41(33-17-9-3-10-18-33)34-19-11-4-12-20-34/h1-28H/q+2. The van der Waals surface area contributed by atoms with Crippen LogP contribution in [-0.4, -0.2) is 0 Å². The van der Waals surface area contributed by atoms with Crippen LogP contribution in [0, 0.1) is 0 Å². The van der Waals surface area contributed by atoms with Crippen LogP contribution in [0.4, 0.5) is 0 Å². The van der Waals surface area contributed by atoms with Gasteiger partial charge in [-0.15, -0.1) is 0 Å². The summed E-state index contributed by atoms with van der Waals surface area (Å²) in [5.74, 6) is 0. The zero-order valence-electron chi connectivity index (χ0n) is 22.2. The van der Waals surface area contributed by atoms with Gasteiger partial charge in [0, 0.05) is 33.9 Å². The number of rotatable bonds is 10. The minimum absolute atomic E-state index is 0.147. The highest BCUT2D eigenvalue weighted by Gasteiger charge is 2.29. The van der Waals surface area contributed by atoms with Crippen LogP contribution >= 0.6 is 24.1 Å². The summed E-state index contributed by atoms with van der Waals surface area (Å²) in [6.07, 6.45) is 0. The molecule has 0 radical (unpaired) electrons. The van der Waals surface area contributed by atoms with Crippen LogP contribution < -0.4 is 0 Å². The molecule has 0 fully saturated rings. The van der Waals surface area contributed by atoms with Gasteiger partial charge in [0.05, 0.1) is 21.8 Å². The largest absolute Gasteiger partial charge is 0.237 e. The van der Waals surface area contributed by atoms with Gasteiger partial charge in [0.15, 0.2) is 29.4 Å². The lowest BCUT2D eigenvalue weighted by Crippen LogP contribution is -2.04. The lowest BCUT2D eigenvalue weighted by molar-refractivity contribution is 0.756. The second kappa shape index (κ2) is 14.0. The van der Waals surface area contributed by atoms with Gasteiger partial charge < -0.3 is 0 Å². The van der Waals surface area contributed by atoms with E-state index in [9.17, 15) is 0 Å². The minimum atomic E-state index is -0.147. The highest BCUT2D eigenvalue weighted by Crippen LogP contribution is 2.36. The first kappa shape index (κ1) is 27.8. The van der Waals surface area contributed by atoms with Crippen LogP contribution in [0.25, 0.3) is 0 Å². The fraction of sp³-hybridized carbons (Fsp3) is 0. The van der Waals surface area contributed by atoms with E-state index in [0.29, 0.717) is 0 Å². The monoisotopic (exact) mass is 604 g/mol. The Morgan fingerprint density at radius 3 is 0.805 bits per heavy atom. The molecular weight excluding hydrogens is 577 g/mol. The van der Waals surface area contributed by atoms with Crippen molar-refractivity contribution in [3.8, 4) is 0 Å². The molecule has 0 saturated heterocycles. The fourth-order valence-corrected chi connectivity index (χ4v) is 9.83. The number of benzene rings is 6. The van der Waals surface area contributed by atoms with Gasteiger partial charge in [0.25, 0.3) is 0 Å². The minimum Gasteiger partial charge on any atom is -0.237 e. The fourth-order valence-electron chi connectivity index (χ4n) is 4.40. The van der Waals surface area contributed by atoms with E-state index >= 15 is 0 Å². The maximum Gasteiger partial charge on any atom is 0.166 e. The van der Waals surface area contributed by atoms with E-state index in [0.717, 1.165) is 9.79 Å². The quantitative estimate of drug-likeness (QED) is 0.114. The smallest absolute Gasteiger partial charge is 0.166 e. The summed E-state index contributed by atoms with van der Waals surface area (Å²) in [6.45, 7) is 0. The van der Waals surface area contributed by atoms with Gasteiger partial charge in [-0.3, -0.25) is 0 Å². The van der Waals surface area contributed by atoms with Gasteiger partial charge in [0.2, 0.25) is 0 Å². The SMILES string of the molecule is c1ccc([S+](c2ccccc2)c2ccc(SOSc3ccc([S+](c4ccccc4)c4ccccc4)cc3)cc2)cc1. The van der Waals surface area contributed by atoms with Gasteiger partial charge >= 0.3 is 0 Å². The van der Waals surface area contributed by atoms with E-state index in [-0.39, 0.29) is 21.8 Å². The van der Waals surface area contributed by atoms with Gasteiger partial charge in [0.1, 0.15) is 0 Å². The molecule has 6 aromatic carbocycles. The Morgan fingerprint density at radius 2 is 0.537 bits per heavy atom. The molecule has 6 aromatic rings. The molecule has 0 aliphatic rings. The van der Waals surface area contributed by atoms with E-state index in [4.69, 9.17) is 3.63 Å². The molecule has 0 spiro atoms. The summed E-state index contributed by atoms with van der Waals surface area (Å²) in [4.78, 5) is 10.0. The molecule has 0 N–H and O–H groups in total. The second-order valence-corrected chi connectivity index (χ2v) is 14.9. The summed E-state index contributed by atoms with van der Waals surface area (Å²) in [6, 6.07) is 60.4. The molecule has 0 amide bonds. The Bertz CT molecular complexity index is 1420. The summed E-state index contributed by atoms with van der Waals surface area (Å²) in [5, 5.41) is 0. The predicted molar refractivity (Wildman–Crippen MR) is 176 cm³/mol. The Kier molecular flexibility index (Phi) is 9.53. The molecule has 41 heavy (non-hydrogen) atoms. The maximum absolute atomic E-state index is 5.98. The lowest BCUT2D eigenvalue weighted by atomic mass is 10.4. The number of hydrogen-bond donors (Lipinski definition) is 0. The summed E-state index contributed by atoms with van der Waals surface area (Å²) in [7, 11) is -0.294. The van der Waals surface area contributed by atoms with Gasteiger partial charge in [-0.2, -0.15) is 0 Å². The topological polar surface area (TPSA) is 9.23 Å². The van der Waals surface area contributed by atoms with E-state index < -0.39 is 0 Å². The van der Waals surface area contributed by atoms with Crippen LogP contribution in [0.15, 0.2) is 209 Å². The maximum atomic E-state index is 5.98. The Hall–Kier alpha value is -3.32. The second-order valence-electron chi connectivity index (χ2n) is 9.04. The summed E-state index contributed by atoms with van der Waals surface area (Å²) in [5.41, 5.74) is 0. The molecule has 0 saturated carbocycles. The third-order valence-corrected chi connectivity index (χ3v) is 12.2. The van der Waals surface area contributed by atoms with Gasteiger partial charge in [-0.25, -0.2) is 3.63 Å². The van der Waals surface area contributed by atoms with E-state index in [1.165, 1.54) is 53.5 Å². The van der Waals surface area contributed by atoms with E-state index in [2.05, 4.69) is 170 Å². The van der Waals surface area contributed by atoms with Crippen molar-refractivity contribution in [3.05, 3.63) is 170 Å². The Balaban J connectivity index is 1.12. The van der Waals surface area contributed by atoms with Crippen molar-refractivity contribution in [2.24, 2.45) is 0 Å². The van der Waals surface area contributed by atoms with Crippen LogP contribution in [-0.2, 0) is 25.4 Å². The first-order valence-corrected chi connectivity index (χ1v) is 17.2. The normalized spacial score (nSPS) is 11.2. The summed E-state index contributed by atoms with van der Waals surface area (Å²) >= 11 is 2.80. The van der Waals surface area contributed by atoms with Crippen molar-refractivity contribution < 1.29 is 3.63 Å². The molecule has 0 atom stereocenters. The van der Waals surface area contributed by atoms with Crippen LogP contribution in [0.2, 0.25) is 0 Å². The first-order chi connectivity index (χ1) is 20.3. The van der Waals surface area contributed by atoms with Crippen molar-refractivity contribution in [2.45, 2.75) is 39.2 Å². The molecule has 200 valence electrons. The van der Waals surface area contributed by atoms with Crippen molar-refractivity contribution in [1.29, 1.82) is 0 Å². The zero-order valence-corrected chi connectivity index (χ0v) is 25.5. The molecule has 0 bridgehead atoms. The molecule has 0 aliphatic heterocycles. The molecule has 6 rings (SSSR count). The van der Waals surface area contributed by atoms with E-state index in [1.54, 1.807) is 0 Å². The molecule has 5 heteroatoms. The predicted octanol–water partition coefficient (Wildman–Crippen LogP) is 10.6. The van der Waals surface area contributed by atoms with Crippen molar-refractivity contribution in [1.82, 2.24) is 0 Å². The van der Waals surface area contributed by atoms with Gasteiger partial charge in [-0.05, 0) is 97.1 Å². The van der Waals surface area contributed by atoms with Gasteiger partial charge in [-0.1, -0.05) is 72.8 Å². The number of hydrogen-bond acceptors (Lipinski definition) is 3. The van der Waals surface area contributed by atoms with Crippen LogP contribution in [0.3, 0.4) is 0 Å².